The molecule has 2 aromatic heterocycles. The van der Waals surface area contributed by atoms with Crippen molar-refractivity contribution < 1.29 is 13.9 Å². The summed E-state index contributed by atoms with van der Waals surface area (Å²) in [6, 6.07) is 11.2. The predicted molar refractivity (Wildman–Crippen MR) is 89.3 cm³/mol. The SMILES string of the molecule is O=C(Nc1nnc(C2CC2)s1)c1occc1COc1ccccc1. The molecule has 4 rings (SSSR count). The highest BCUT2D eigenvalue weighted by molar-refractivity contribution is 7.15. The van der Waals surface area contributed by atoms with Crippen LogP contribution in [0.3, 0.4) is 0 Å². The second-order valence-electron chi connectivity index (χ2n) is 5.55. The van der Waals surface area contributed by atoms with E-state index in [0.717, 1.165) is 23.6 Å². The third-order valence-corrected chi connectivity index (χ3v) is 4.68. The zero-order valence-electron chi connectivity index (χ0n) is 12.8. The van der Waals surface area contributed by atoms with E-state index in [-0.39, 0.29) is 18.3 Å². The molecule has 6 nitrogen and oxygen atoms in total. The lowest BCUT2D eigenvalue weighted by molar-refractivity contribution is 0.0993. The molecular weight excluding hydrogens is 326 g/mol. The number of carbonyl (C=O) groups excluding carboxylic acids is 1. The fraction of sp³-hybridized carbons (Fsp3) is 0.235. The van der Waals surface area contributed by atoms with E-state index in [9.17, 15) is 4.79 Å². The van der Waals surface area contributed by atoms with Crippen LogP contribution >= 0.6 is 11.3 Å². The first kappa shape index (κ1) is 14.9. The number of anilines is 1. The van der Waals surface area contributed by atoms with Gasteiger partial charge in [0, 0.05) is 11.5 Å². The van der Waals surface area contributed by atoms with Crippen molar-refractivity contribution in [2.24, 2.45) is 0 Å². The monoisotopic (exact) mass is 341 g/mol. The highest BCUT2D eigenvalue weighted by Crippen LogP contribution is 2.42. The van der Waals surface area contributed by atoms with Crippen molar-refractivity contribution in [3.63, 3.8) is 0 Å². The minimum Gasteiger partial charge on any atom is -0.489 e. The first-order valence-electron chi connectivity index (χ1n) is 7.68. The number of hydrogen-bond acceptors (Lipinski definition) is 6. The molecule has 122 valence electrons. The van der Waals surface area contributed by atoms with Crippen LogP contribution in [-0.4, -0.2) is 16.1 Å². The van der Waals surface area contributed by atoms with Crippen LogP contribution in [0.25, 0.3) is 0 Å². The van der Waals surface area contributed by atoms with Gasteiger partial charge in [-0.25, -0.2) is 0 Å². The molecule has 1 N–H and O–H groups in total. The molecule has 0 aliphatic heterocycles. The number of nitrogens with one attached hydrogen (secondary N) is 1. The van der Waals surface area contributed by atoms with E-state index >= 15 is 0 Å². The molecule has 0 radical (unpaired) electrons. The molecule has 1 saturated carbocycles. The fourth-order valence-electron chi connectivity index (χ4n) is 2.26. The van der Waals surface area contributed by atoms with Crippen LogP contribution < -0.4 is 10.1 Å². The number of ether oxygens (including phenoxy) is 1. The van der Waals surface area contributed by atoms with E-state index in [1.807, 2.05) is 30.3 Å². The molecule has 1 aromatic carbocycles. The van der Waals surface area contributed by atoms with Crippen LogP contribution in [0, 0.1) is 0 Å². The Hall–Kier alpha value is -2.67. The summed E-state index contributed by atoms with van der Waals surface area (Å²) < 4.78 is 11.0. The van der Waals surface area contributed by atoms with Crippen molar-refractivity contribution in [1.29, 1.82) is 0 Å². The van der Waals surface area contributed by atoms with Crippen LogP contribution in [0.1, 0.15) is 39.9 Å². The van der Waals surface area contributed by atoms with Crippen LogP contribution in [0.4, 0.5) is 5.13 Å². The van der Waals surface area contributed by atoms with Gasteiger partial charge in [0.1, 0.15) is 17.4 Å². The summed E-state index contributed by atoms with van der Waals surface area (Å²) in [6.45, 7) is 0.257. The maximum atomic E-state index is 12.4. The number of nitrogens with zero attached hydrogens (tertiary/aromatic N) is 2. The van der Waals surface area contributed by atoms with Gasteiger partial charge in [0.15, 0.2) is 5.76 Å². The Balaban J connectivity index is 1.41. The Morgan fingerprint density at radius 3 is 2.88 bits per heavy atom. The molecule has 24 heavy (non-hydrogen) atoms. The molecule has 3 aromatic rings. The predicted octanol–water partition coefficient (Wildman–Crippen LogP) is 3.84. The third kappa shape index (κ3) is 3.30. The number of benzene rings is 1. The Bertz CT molecular complexity index is 840. The number of aromatic nitrogens is 2. The molecule has 0 bridgehead atoms. The average molecular weight is 341 g/mol. The number of para-hydroxylation sites is 1. The van der Waals surface area contributed by atoms with E-state index in [1.54, 1.807) is 6.07 Å². The van der Waals surface area contributed by atoms with Gasteiger partial charge >= 0.3 is 0 Å². The van der Waals surface area contributed by atoms with Gasteiger partial charge in [-0.15, -0.1) is 10.2 Å². The largest absolute Gasteiger partial charge is 0.489 e. The maximum absolute atomic E-state index is 12.4. The quantitative estimate of drug-likeness (QED) is 0.737. The second kappa shape index (κ2) is 6.45. The first-order valence-corrected chi connectivity index (χ1v) is 8.50. The lowest BCUT2D eigenvalue weighted by Gasteiger charge is -2.05. The van der Waals surface area contributed by atoms with Gasteiger partial charge in [-0.1, -0.05) is 29.5 Å². The van der Waals surface area contributed by atoms with Crippen molar-refractivity contribution in [2.75, 3.05) is 5.32 Å². The minimum atomic E-state index is -0.342. The molecule has 7 heteroatoms. The smallest absolute Gasteiger partial charge is 0.293 e. The standard InChI is InChI=1S/C17H15N3O3S/c21-15(18-17-20-19-16(24-17)11-6-7-11)14-12(8-9-22-14)10-23-13-4-2-1-3-5-13/h1-5,8-9,11H,6-7,10H2,(H,18,20,21). The second-order valence-corrected chi connectivity index (χ2v) is 6.56. The van der Waals surface area contributed by atoms with Gasteiger partial charge in [-0.3, -0.25) is 10.1 Å². The van der Waals surface area contributed by atoms with Gasteiger partial charge in [0.05, 0.1) is 6.26 Å². The molecule has 0 saturated heterocycles. The summed E-state index contributed by atoms with van der Waals surface area (Å²) in [5, 5.41) is 12.3. The number of hydrogen-bond donors (Lipinski definition) is 1. The molecule has 1 aliphatic rings. The van der Waals surface area contributed by atoms with Crippen LogP contribution in [0.2, 0.25) is 0 Å². The van der Waals surface area contributed by atoms with Gasteiger partial charge in [0.2, 0.25) is 5.13 Å². The maximum Gasteiger partial charge on any atom is 0.293 e. The Morgan fingerprint density at radius 1 is 1.25 bits per heavy atom. The van der Waals surface area contributed by atoms with Crippen molar-refractivity contribution in [3.05, 3.63) is 59.0 Å². The Labute approximate surface area is 142 Å². The average Bonchev–Trinajstić information content (AvgIpc) is 3.17. The van der Waals surface area contributed by atoms with Gasteiger partial charge < -0.3 is 9.15 Å². The van der Waals surface area contributed by atoms with E-state index in [1.165, 1.54) is 17.6 Å². The van der Waals surface area contributed by atoms with Crippen LogP contribution in [-0.2, 0) is 6.61 Å². The molecule has 2 heterocycles. The fourth-order valence-corrected chi connectivity index (χ4v) is 3.17. The van der Waals surface area contributed by atoms with E-state index in [4.69, 9.17) is 9.15 Å². The number of rotatable bonds is 6. The van der Waals surface area contributed by atoms with E-state index in [2.05, 4.69) is 15.5 Å². The Morgan fingerprint density at radius 2 is 2.08 bits per heavy atom. The molecular formula is C17H15N3O3S. The molecule has 1 amide bonds. The van der Waals surface area contributed by atoms with Gasteiger partial charge in [0.25, 0.3) is 5.91 Å². The van der Waals surface area contributed by atoms with Crippen molar-refractivity contribution >= 4 is 22.4 Å². The lowest BCUT2D eigenvalue weighted by Crippen LogP contribution is -2.13. The first-order chi connectivity index (χ1) is 11.8. The molecule has 0 atom stereocenters. The van der Waals surface area contributed by atoms with Crippen molar-refractivity contribution in [3.8, 4) is 5.75 Å². The molecule has 1 fully saturated rings. The minimum absolute atomic E-state index is 0.231. The number of furan rings is 1. The number of amides is 1. The summed E-state index contributed by atoms with van der Waals surface area (Å²) in [4.78, 5) is 12.4. The van der Waals surface area contributed by atoms with E-state index < -0.39 is 0 Å². The molecule has 0 spiro atoms. The molecule has 0 unspecified atom stereocenters. The zero-order chi connectivity index (χ0) is 16.4. The van der Waals surface area contributed by atoms with Gasteiger partial charge in [-0.2, -0.15) is 0 Å². The summed E-state index contributed by atoms with van der Waals surface area (Å²) in [5.41, 5.74) is 0.684. The van der Waals surface area contributed by atoms with Crippen molar-refractivity contribution in [2.45, 2.75) is 25.4 Å². The normalized spacial score (nSPS) is 13.7. The third-order valence-electron chi connectivity index (χ3n) is 3.68. The van der Waals surface area contributed by atoms with Crippen LogP contribution in [0.5, 0.6) is 5.75 Å². The zero-order valence-corrected chi connectivity index (χ0v) is 13.6. The summed E-state index contributed by atoms with van der Waals surface area (Å²) in [6.07, 6.45) is 3.79. The summed E-state index contributed by atoms with van der Waals surface area (Å²) in [7, 11) is 0. The summed E-state index contributed by atoms with van der Waals surface area (Å²) in [5.74, 6) is 1.15. The highest BCUT2D eigenvalue weighted by atomic mass is 32.1. The molecule has 1 aliphatic carbocycles. The topological polar surface area (TPSA) is 77.3 Å². The van der Waals surface area contributed by atoms with Crippen molar-refractivity contribution in [1.82, 2.24) is 10.2 Å². The van der Waals surface area contributed by atoms with E-state index in [0.29, 0.717) is 16.6 Å². The lowest BCUT2D eigenvalue weighted by atomic mass is 10.2. The Kier molecular flexibility index (Phi) is 4.00. The van der Waals surface area contributed by atoms with Crippen LogP contribution in [0.15, 0.2) is 47.1 Å². The van der Waals surface area contributed by atoms with Gasteiger partial charge in [-0.05, 0) is 31.0 Å². The highest BCUT2D eigenvalue weighted by Gasteiger charge is 2.28. The summed E-state index contributed by atoms with van der Waals surface area (Å²) >= 11 is 1.42. The number of carbonyl (C=O) groups is 1.